The molecular weight excluding hydrogens is 288 g/mol. The van der Waals surface area contributed by atoms with Gasteiger partial charge in [-0.3, -0.25) is 9.44 Å². The highest BCUT2D eigenvalue weighted by molar-refractivity contribution is 7.93. The maximum Gasteiger partial charge on any atom is 0.232 e. The molecule has 0 bridgehead atoms. The number of rotatable bonds is 7. The summed E-state index contributed by atoms with van der Waals surface area (Å²) in [5.74, 6) is 0.0106. The fourth-order valence-corrected chi connectivity index (χ4v) is 3.28. The molecule has 0 heterocycles. The van der Waals surface area contributed by atoms with Gasteiger partial charge in [-0.25, -0.2) is 16.8 Å². The van der Waals surface area contributed by atoms with E-state index in [0.29, 0.717) is 6.42 Å². The van der Waals surface area contributed by atoms with Crippen molar-refractivity contribution in [2.45, 2.75) is 19.8 Å². The second-order valence-electron chi connectivity index (χ2n) is 4.19. The Bertz CT molecular complexity index is 624. The van der Waals surface area contributed by atoms with E-state index in [9.17, 15) is 16.8 Å². The number of hydrogen-bond acceptors (Lipinski definition) is 4. The molecule has 0 amide bonds. The Balaban J connectivity index is 2.96. The number of benzene rings is 1. The Morgan fingerprint density at radius 2 is 1.53 bits per heavy atom. The summed E-state index contributed by atoms with van der Waals surface area (Å²) in [5, 5.41) is 0. The van der Waals surface area contributed by atoms with Gasteiger partial charge in [0.15, 0.2) is 0 Å². The molecule has 8 heteroatoms. The van der Waals surface area contributed by atoms with Crippen LogP contribution in [0.4, 0.5) is 11.4 Å². The molecule has 108 valence electrons. The van der Waals surface area contributed by atoms with Crippen LogP contribution < -0.4 is 9.44 Å². The van der Waals surface area contributed by atoms with E-state index >= 15 is 0 Å². The molecule has 0 aromatic heterocycles. The van der Waals surface area contributed by atoms with Crippen molar-refractivity contribution in [3.63, 3.8) is 0 Å². The maximum absolute atomic E-state index is 11.8. The van der Waals surface area contributed by atoms with E-state index in [1.807, 2.05) is 6.92 Å². The van der Waals surface area contributed by atoms with E-state index in [1.165, 1.54) is 12.1 Å². The summed E-state index contributed by atoms with van der Waals surface area (Å²) in [5.41, 5.74) is 0.439. The fourth-order valence-electron chi connectivity index (χ4n) is 1.41. The monoisotopic (exact) mass is 306 g/mol. The molecule has 0 saturated heterocycles. The third kappa shape index (κ3) is 5.93. The fraction of sp³-hybridized carbons (Fsp3) is 0.455. The summed E-state index contributed by atoms with van der Waals surface area (Å²) in [7, 11) is -6.92. The number of nitrogens with one attached hydrogen (secondary N) is 2. The van der Waals surface area contributed by atoms with Crippen LogP contribution in [-0.4, -0.2) is 28.8 Å². The van der Waals surface area contributed by atoms with Gasteiger partial charge in [0.05, 0.1) is 23.4 Å². The first-order valence-corrected chi connectivity index (χ1v) is 9.35. The van der Waals surface area contributed by atoms with Gasteiger partial charge >= 0.3 is 0 Å². The minimum absolute atomic E-state index is 0.0106. The van der Waals surface area contributed by atoms with Crippen molar-refractivity contribution in [1.82, 2.24) is 0 Å². The molecule has 19 heavy (non-hydrogen) atoms. The highest BCUT2D eigenvalue weighted by atomic mass is 32.2. The highest BCUT2D eigenvalue weighted by Gasteiger charge is 2.13. The topological polar surface area (TPSA) is 92.3 Å². The Morgan fingerprint density at radius 3 is 2.00 bits per heavy atom. The number of hydrogen-bond donors (Lipinski definition) is 2. The summed E-state index contributed by atoms with van der Waals surface area (Å²) >= 11 is 0. The Morgan fingerprint density at radius 1 is 1.00 bits per heavy atom. The van der Waals surface area contributed by atoms with Crippen molar-refractivity contribution in [2.24, 2.45) is 0 Å². The molecule has 0 aliphatic heterocycles. The van der Waals surface area contributed by atoms with Gasteiger partial charge in [0.1, 0.15) is 0 Å². The lowest BCUT2D eigenvalue weighted by molar-refractivity contribution is 0.597. The minimum atomic E-state index is -3.46. The van der Waals surface area contributed by atoms with Crippen molar-refractivity contribution in [3.8, 4) is 0 Å². The van der Waals surface area contributed by atoms with Gasteiger partial charge in [-0.05, 0) is 18.6 Å². The molecule has 0 saturated carbocycles. The van der Waals surface area contributed by atoms with E-state index in [1.54, 1.807) is 12.1 Å². The smallest absolute Gasteiger partial charge is 0.232 e. The van der Waals surface area contributed by atoms with Crippen LogP contribution in [0.5, 0.6) is 0 Å². The van der Waals surface area contributed by atoms with Crippen LogP contribution in [0, 0.1) is 0 Å². The summed E-state index contributed by atoms with van der Waals surface area (Å²) in [4.78, 5) is 0. The van der Waals surface area contributed by atoms with E-state index in [0.717, 1.165) is 12.7 Å². The summed E-state index contributed by atoms with van der Waals surface area (Å²) in [6.07, 6.45) is 2.33. The highest BCUT2D eigenvalue weighted by Crippen LogP contribution is 2.23. The molecule has 0 aliphatic carbocycles. The molecule has 0 atom stereocenters. The molecule has 1 rings (SSSR count). The third-order valence-corrected chi connectivity index (χ3v) is 4.20. The lowest BCUT2D eigenvalue weighted by atomic mass is 10.3. The van der Waals surface area contributed by atoms with Crippen molar-refractivity contribution in [1.29, 1.82) is 0 Å². The average molecular weight is 306 g/mol. The van der Waals surface area contributed by atoms with Crippen molar-refractivity contribution < 1.29 is 16.8 Å². The van der Waals surface area contributed by atoms with Gasteiger partial charge in [0.25, 0.3) is 0 Å². The number of unbranched alkanes of at least 4 members (excludes halogenated alkanes) is 1. The van der Waals surface area contributed by atoms with E-state index < -0.39 is 20.0 Å². The Hall–Kier alpha value is -1.28. The zero-order valence-corrected chi connectivity index (χ0v) is 12.5. The van der Waals surface area contributed by atoms with Gasteiger partial charge in [-0.1, -0.05) is 25.5 Å². The first-order chi connectivity index (χ1) is 8.73. The molecule has 0 fully saturated rings. The lowest BCUT2D eigenvalue weighted by Crippen LogP contribution is -2.18. The van der Waals surface area contributed by atoms with Crippen molar-refractivity contribution in [2.75, 3.05) is 21.5 Å². The number of sulfonamides is 2. The second-order valence-corrected chi connectivity index (χ2v) is 7.78. The zero-order chi connectivity index (χ0) is 14.5. The minimum Gasteiger partial charge on any atom is -0.282 e. The lowest BCUT2D eigenvalue weighted by Gasteiger charge is -2.12. The van der Waals surface area contributed by atoms with Crippen LogP contribution in [0.1, 0.15) is 19.8 Å². The van der Waals surface area contributed by atoms with Crippen LogP contribution >= 0.6 is 0 Å². The summed E-state index contributed by atoms with van der Waals surface area (Å²) in [6.45, 7) is 1.90. The van der Waals surface area contributed by atoms with Gasteiger partial charge < -0.3 is 0 Å². The normalized spacial score (nSPS) is 12.1. The van der Waals surface area contributed by atoms with E-state index in [2.05, 4.69) is 9.44 Å². The molecular formula is C11H18N2O4S2. The van der Waals surface area contributed by atoms with Crippen LogP contribution in [-0.2, 0) is 20.0 Å². The van der Waals surface area contributed by atoms with E-state index in [4.69, 9.17) is 0 Å². The molecule has 1 aromatic carbocycles. The molecule has 0 unspecified atom stereocenters. The van der Waals surface area contributed by atoms with Crippen LogP contribution in [0.2, 0.25) is 0 Å². The van der Waals surface area contributed by atoms with Gasteiger partial charge in [0, 0.05) is 0 Å². The van der Waals surface area contributed by atoms with Gasteiger partial charge in [0.2, 0.25) is 20.0 Å². The van der Waals surface area contributed by atoms with Crippen LogP contribution in [0.15, 0.2) is 24.3 Å². The van der Waals surface area contributed by atoms with Crippen LogP contribution in [0.3, 0.4) is 0 Å². The first kappa shape index (κ1) is 15.8. The average Bonchev–Trinajstić information content (AvgIpc) is 2.27. The summed E-state index contributed by atoms with van der Waals surface area (Å²) < 4.78 is 50.6. The molecule has 1 aromatic rings. The molecule has 0 spiro atoms. The Kier molecular flexibility index (Phi) is 5.19. The largest absolute Gasteiger partial charge is 0.282 e. The number of para-hydroxylation sites is 2. The van der Waals surface area contributed by atoms with Gasteiger partial charge in [-0.2, -0.15) is 0 Å². The van der Waals surface area contributed by atoms with Gasteiger partial charge in [-0.15, -0.1) is 0 Å². The Labute approximate surface area is 114 Å². The van der Waals surface area contributed by atoms with Crippen molar-refractivity contribution in [3.05, 3.63) is 24.3 Å². The quantitative estimate of drug-likeness (QED) is 0.800. The molecule has 2 N–H and O–H groups in total. The predicted octanol–water partition coefficient (Wildman–Crippen LogP) is 1.60. The predicted molar refractivity (Wildman–Crippen MR) is 77.2 cm³/mol. The molecule has 0 radical (unpaired) electrons. The number of anilines is 2. The maximum atomic E-state index is 11.8. The zero-order valence-electron chi connectivity index (χ0n) is 10.9. The first-order valence-electron chi connectivity index (χ1n) is 5.81. The second kappa shape index (κ2) is 6.25. The van der Waals surface area contributed by atoms with Crippen molar-refractivity contribution >= 4 is 31.4 Å². The molecule has 6 nitrogen and oxygen atoms in total. The standard InChI is InChI=1S/C11H18N2O4S2/c1-3-4-9-19(16,17)13-11-8-6-5-7-10(11)12-18(2,14)15/h5-8,12-13H,3-4,9H2,1-2H3. The summed E-state index contributed by atoms with van der Waals surface area (Å²) in [6, 6.07) is 6.26. The SMILES string of the molecule is CCCCS(=O)(=O)Nc1ccccc1NS(C)(=O)=O. The van der Waals surface area contributed by atoms with Crippen LogP contribution in [0.25, 0.3) is 0 Å². The third-order valence-electron chi connectivity index (χ3n) is 2.25. The van der Waals surface area contributed by atoms with E-state index in [-0.39, 0.29) is 17.1 Å². The molecule has 0 aliphatic rings.